The van der Waals surface area contributed by atoms with Crippen molar-refractivity contribution in [3.8, 4) is 0 Å². The van der Waals surface area contributed by atoms with Crippen LogP contribution >= 0.6 is 0 Å². The number of ether oxygens (including phenoxy) is 3. The lowest BCUT2D eigenvalue weighted by atomic mass is 10.1. The van der Waals surface area contributed by atoms with Crippen LogP contribution in [0.25, 0.3) is 0 Å². The fourth-order valence-corrected chi connectivity index (χ4v) is 9.11. The van der Waals surface area contributed by atoms with E-state index in [0.29, 0.717) is 19.3 Å². The monoisotopic (exact) mass is 1120 g/mol. The third kappa shape index (κ3) is 66.2. The lowest BCUT2D eigenvalue weighted by Gasteiger charge is -2.18. The van der Waals surface area contributed by atoms with Crippen LogP contribution < -0.4 is 0 Å². The summed E-state index contributed by atoms with van der Waals surface area (Å²) >= 11 is 0. The van der Waals surface area contributed by atoms with Crippen LogP contribution in [-0.2, 0) is 28.6 Å². The maximum absolute atomic E-state index is 12.9. The number of hydrogen-bond acceptors (Lipinski definition) is 6. The topological polar surface area (TPSA) is 78.9 Å². The highest BCUT2D eigenvalue weighted by atomic mass is 16.6. The van der Waals surface area contributed by atoms with Gasteiger partial charge in [0.15, 0.2) is 6.10 Å². The minimum Gasteiger partial charge on any atom is -0.462 e. The number of carbonyl (C=O) groups excluding carboxylic acids is 3. The van der Waals surface area contributed by atoms with E-state index in [1.165, 1.54) is 122 Å². The Morgan fingerprint density at radius 1 is 0.259 bits per heavy atom. The first-order chi connectivity index (χ1) is 40.0. The molecule has 0 amide bonds. The molecule has 0 fully saturated rings. The Bertz CT molecular complexity index is 1720. The number of hydrogen-bond donors (Lipinski definition) is 0. The molecule has 1 atom stereocenters. The van der Waals surface area contributed by atoms with Gasteiger partial charge in [0.05, 0.1) is 0 Å². The minimum absolute atomic E-state index is 0.0905. The van der Waals surface area contributed by atoms with Gasteiger partial charge in [0.1, 0.15) is 13.2 Å². The average molecular weight is 1120 g/mol. The molecule has 0 aliphatic carbocycles. The maximum atomic E-state index is 12.9. The minimum atomic E-state index is -0.797. The third-order valence-corrected chi connectivity index (χ3v) is 14.1. The molecule has 0 rings (SSSR count). The van der Waals surface area contributed by atoms with E-state index in [1.54, 1.807) is 0 Å². The summed E-state index contributed by atoms with van der Waals surface area (Å²) in [5, 5.41) is 0. The van der Waals surface area contributed by atoms with Gasteiger partial charge in [-0.2, -0.15) is 0 Å². The molecule has 0 saturated heterocycles. The maximum Gasteiger partial charge on any atom is 0.306 e. The van der Waals surface area contributed by atoms with Gasteiger partial charge in [-0.05, 0) is 122 Å². The highest BCUT2D eigenvalue weighted by Crippen LogP contribution is 2.15. The Hall–Kier alpha value is -4.45. The van der Waals surface area contributed by atoms with E-state index in [9.17, 15) is 14.4 Å². The molecule has 0 radical (unpaired) electrons. The quantitative estimate of drug-likeness (QED) is 0.0261. The second-order valence-electron chi connectivity index (χ2n) is 22.0. The normalized spacial score (nSPS) is 13.0. The summed E-state index contributed by atoms with van der Waals surface area (Å²) in [6.45, 7) is 6.49. The first kappa shape index (κ1) is 76.5. The van der Waals surface area contributed by atoms with E-state index in [-0.39, 0.29) is 31.1 Å². The average Bonchev–Trinajstić information content (AvgIpc) is 3.47. The van der Waals surface area contributed by atoms with E-state index in [1.807, 2.05) is 0 Å². The zero-order chi connectivity index (χ0) is 58.5. The van der Waals surface area contributed by atoms with Crippen LogP contribution in [0.5, 0.6) is 0 Å². The summed E-state index contributed by atoms with van der Waals surface area (Å²) in [4.78, 5) is 38.3. The summed E-state index contributed by atoms with van der Waals surface area (Å²) in [5.41, 5.74) is 0. The highest BCUT2D eigenvalue weighted by Gasteiger charge is 2.19. The molecule has 0 aromatic carbocycles. The van der Waals surface area contributed by atoms with Crippen molar-refractivity contribution in [2.75, 3.05) is 13.2 Å². The van der Waals surface area contributed by atoms with E-state index in [2.05, 4.69) is 154 Å². The van der Waals surface area contributed by atoms with Gasteiger partial charge in [0, 0.05) is 19.3 Å². The standard InChI is InChI=1S/C75H124O6/c1-4-7-10-13-16-19-22-24-26-28-30-32-34-35-36-37-38-39-41-42-44-46-48-50-53-56-59-62-65-68-74(77)80-71-72(70-79-73(76)67-64-61-58-55-52-21-18-15-12-9-6-3)81-75(78)69-66-63-60-57-54-51-49-47-45-43-40-33-31-29-27-25-23-20-17-14-11-8-5-2/h7,10,16,19,23-26,29-32,35-36,38-40,42-44,48,50,72H,4-6,8-9,11-15,17-18,20-22,27-28,33-34,37,41,45-47,49,51-71H2,1-3H3/b10-7-,19-16-,25-23-,26-24-,31-29-,32-30-,36-35-,39-38-,43-40-,44-42-,50-48-. The molecule has 81 heavy (non-hydrogen) atoms. The molecule has 0 spiro atoms. The smallest absolute Gasteiger partial charge is 0.306 e. The molecule has 0 N–H and O–H groups in total. The summed E-state index contributed by atoms with van der Waals surface area (Å²) < 4.78 is 16.9. The molecule has 0 aromatic rings. The Morgan fingerprint density at radius 3 is 0.753 bits per heavy atom. The highest BCUT2D eigenvalue weighted by molar-refractivity contribution is 5.71. The molecule has 0 heterocycles. The first-order valence-corrected chi connectivity index (χ1v) is 33.7. The number of unbranched alkanes of at least 4 members (excludes halogenated alkanes) is 27. The van der Waals surface area contributed by atoms with Gasteiger partial charge >= 0.3 is 17.9 Å². The first-order valence-electron chi connectivity index (χ1n) is 33.7. The summed E-state index contributed by atoms with van der Waals surface area (Å²) in [6, 6.07) is 0. The van der Waals surface area contributed by atoms with Crippen LogP contribution in [0.4, 0.5) is 0 Å². The van der Waals surface area contributed by atoms with Gasteiger partial charge in [-0.1, -0.05) is 296 Å². The van der Waals surface area contributed by atoms with Crippen molar-refractivity contribution in [1.29, 1.82) is 0 Å². The van der Waals surface area contributed by atoms with Crippen LogP contribution in [0.2, 0.25) is 0 Å². The van der Waals surface area contributed by atoms with Crippen molar-refractivity contribution in [1.82, 2.24) is 0 Å². The molecule has 460 valence electrons. The van der Waals surface area contributed by atoms with Gasteiger partial charge in [0.25, 0.3) is 0 Å². The molecule has 0 bridgehead atoms. The molecule has 0 aromatic heterocycles. The zero-order valence-electron chi connectivity index (χ0n) is 52.8. The Kier molecular flexibility index (Phi) is 64.3. The number of allylic oxidation sites excluding steroid dienone is 22. The van der Waals surface area contributed by atoms with Crippen LogP contribution in [-0.4, -0.2) is 37.2 Å². The Balaban J connectivity index is 4.36. The lowest BCUT2D eigenvalue weighted by Crippen LogP contribution is -2.30. The van der Waals surface area contributed by atoms with Crippen molar-refractivity contribution in [3.05, 3.63) is 134 Å². The number of rotatable bonds is 60. The number of esters is 3. The lowest BCUT2D eigenvalue weighted by molar-refractivity contribution is -0.167. The van der Waals surface area contributed by atoms with Crippen LogP contribution in [0.3, 0.4) is 0 Å². The molecule has 0 aliphatic rings. The van der Waals surface area contributed by atoms with Gasteiger partial charge < -0.3 is 14.2 Å². The fourth-order valence-electron chi connectivity index (χ4n) is 9.11. The van der Waals surface area contributed by atoms with Crippen molar-refractivity contribution >= 4 is 17.9 Å². The molecule has 6 nitrogen and oxygen atoms in total. The van der Waals surface area contributed by atoms with Crippen molar-refractivity contribution < 1.29 is 28.6 Å². The fraction of sp³-hybridized carbons (Fsp3) is 0.667. The van der Waals surface area contributed by atoms with E-state index < -0.39 is 6.10 Å². The molecule has 0 saturated carbocycles. The molecule has 0 aliphatic heterocycles. The van der Waals surface area contributed by atoms with Crippen LogP contribution in [0.1, 0.15) is 303 Å². The SMILES string of the molecule is CC/C=C\C/C=C\C/C=C\C/C=C\C/C=C\C/C=C\C/C=C\C/C=C\CCCCCCC(=O)OCC(COC(=O)CCCCCCCCCCCCC)OC(=O)CCCCCCCCCC/C=C\C/C=C\C/C=C\CCCCCCC. The van der Waals surface area contributed by atoms with E-state index in [0.717, 1.165) is 141 Å². The summed E-state index contributed by atoms with van der Waals surface area (Å²) in [6.07, 6.45) is 96.0. The summed E-state index contributed by atoms with van der Waals surface area (Å²) in [7, 11) is 0. The second kappa shape index (κ2) is 68.1. The number of carbonyl (C=O) groups is 3. The van der Waals surface area contributed by atoms with Gasteiger partial charge in [-0.3, -0.25) is 14.4 Å². The molecule has 1 unspecified atom stereocenters. The predicted octanol–water partition coefficient (Wildman–Crippen LogP) is 23.3. The van der Waals surface area contributed by atoms with Gasteiger partial charge in [-0.25, -0.2) is 0 Å². The second-order valence-corrected chi connectivity index (χ2v) is 22.0. The van der Waals surface area contributed by atoms with Crippen LogP contribution in [0.15, 0.2) is 134 Å². The third-order valence-electron chi connectivity index (χ3n) is 14.1. The van der Waals surface area contributed by atoms with Crippen molar-refractivity contribution in [2.45, 2.75) is 309 Å². The van der Waals surface area contributed by atoms with Crippen molar-refractivity contribution in [2.24, 2.45) is 0 Å². The largest absolute Gasteiger partial charge is 0.462 e. The van der Waals surface area contributed by atoms with Gasteiger partial charge in [-0.15, -0.1) is 0 Å². The predicted molar refractivity (Wildman–Crippen MR) is 353 cm³/mol. The van der Waals surface area contributed by atoms with E-state index >= 15 is 0 Å². The van der Waals surface area contributed by atoms with E-state index in [4.69, 9.17) is 14.2 Å². The van der Waals surface area contributed by atoms with Crippen LogP contribution in [0, 0.1) is 0 Å². The van der Waals surface area contributed by atoms with Crippen molar-refractivity contribution in [3.63, 3.8) is 0 Å². The Morgan fingerprint density at radius 2 is 0.481 bits per heavy atom. The molecular formula is C75H124O6. The Labute approximate surface area is 500 Å². The zero-order valence-corrected chi connectivity index (χ0v) is 52.8. The summed E-state index contributed by atoms with van der Waals surface area (Å²) in [5.74, 6) is -0.920. The molecular weight excluding hydrogens is 997 g/mol. The van der Waals surface area contributed by atoms with Gasteiger partial charge in [0.2, 0.25) is 0 Å². The molecule has 6 heteroatoms.